The van der Waals surface area contributed by atoms with E-state index in [1.807, 2.05) is 24.7 Å². The molecule has 1 aromatic rings. The zero-order valence-electron chi connectivity index (χ0n) is 12.9. The molecule has 0 bridgehead atoms. The van der Waals surface area contributed by atoms with Crippen molar-refractivity contribution in [2.45, 2.75) is 58.0 Å². The fourth-order valence-electron chi connectivity index (χ4n) is 3.12. The number of hydrogen-bond acceptors (Lipinski definition) is 3. The van der Waals surface area contributed by atoms with Crippen molar-refractivity contribution in [2.75, 3.05) is 6.61 Å². The number of Topliss-reactive ketones (excluding diaryl/α,β-unsaturated/α-hetero) is 1. The Balaban J connectivity index is 1.98. The van der Waals surface area contributed by atoms with Gasteiger partial charge in [0.25, 0.3) is 0 Å². The monoisotopic (exact) mass is 278 g/mol. The topological polar surface area (TPSA) is 44.1 Å². The average molecular weight is 278 g/mol. The molecule has 1 heterocycles. The van der Waals surface area contributed by atoms with E-state index in [9.17, 15) is 4.79 Å². The highest BCUT2D eigenvalue weighted by atomic mass is 16.5. The van der Waals surface area contributed by atoms with E-state index in [4.69, 9.17) is 4.74 Å². The minimum Gasteiger partial charge on any atom is -0.368 e. The van der Waals surface area contributed by atoms with Crippen LogP contribution < -0.4 is 0 Å². The van der Waals surface area contributed by atoms with E-state index < -0.39 is 5.60 Å². The summed E-state index contributed by atoms with van der Waals surface area (Å²) in [4.78, 5) is 12.7. The Labute approximate surface area is 121 Å². The van der Waals surface area contributed by atoms with Gasteiger partial charge in [0.15, 0.2) is 5.78 Å². The van der Waals surface area contributed by atoms with Crippen LogP contribution >= 0.6 is 0 Å². The maximum atomic E-state index is 12.7. The number of ketones is 1. The van der Waals surface area contributed by atoms with Gasteiger partial charge in [-0.15, -0.1) is 0 Å². The van der Waals surface area contributed by atoms with Crippen molar-refractivity contribution in [3.63, 3.8) is 0 Å². The van der Waals surface area contributed by atoms with Gasteiger partial charge in [0.1, 0.15) is 5.60 Å². The lowest BCUT2D eigenvalue weighted by Crippen LogP contribution is -2.44. The standard InChI is InChI=1S/C16H26N2O2/c1-4-20-16(10-7-13(2)8-11-16)15(19)6-5-14-9-12-17-18(14)3/h9,12-13H,4-8,10-11H2,1-3H3. The molecule has 1 fully saturated rings. The van der Waals surface area contributed by atoms with E-state index in [1.165, 1.54) is 0 Å². The van der Waals surface area contributed by atoms with Crippen LogP contribution in [0.4, 0.5) is 0 Å². The van der Waals surface area contributed by atoms with E-state index in [-0.39, 0.29) is 5.78 Å². The molecule has 1 saturated carbocycles. The molecule has 0 aliphatic heterocycles. The molecule has 112 valence electrons. The van der Waals surface area contributed by atoms with Crippen LogP contribution in [0.2, 0.25) is 0 Å². The molecule has 0 aromatic carbocycles. The SMILES string of the molecule is CCOC1(C(=O)CCc2ccnn2C)CCC(C)CC1. The van der Waals surface area contributed by atoms with Gasteiger partial charge >= 0.3 is 0 Å². The summed E-state index contributed by atoms with van der Waals surface area (Å²) in [5.74, 6) is 0.987. The molecule has 4 heteroatoms. The Hall–Kier alpha value is -1.16. The molecule has 1 aliphatic carbocycles. The number of carbonyl (C=O) groups is 1. The van der Waals surface area contributed by atoms with Crippen molar-refractivity contribution in [2.24, 2.45) is 13.0 Å². The molecule has 1 aromatic heterocycles. The first-order valence-electron chi connectivity index (χ1n) is 7.71. The average Bonchev–Trinajstić information content (AvgIpc) is 2.84. The summed E-state index contributed by atoms with van der Waals surface area (Å²) in [5, 5.41) is 4.14. The molecule has 0 atom stereocenters. The number of hydrogen-bond donors (Lipinski definition) is 0. The summed E-state index contributed by atoms with van der Waals surface area (Å²) >= 11 is 0. The molecule has 0 saturated heterocycles. The van der Waals surface area contributed by atoms with Crippen LogP contribution in [0.1, 0.15) is 51.6 Å². The number of aryl methyl sites for hydroxylation is 2. The Morgan fingerprint density at radius 2 is 2.20 bits per heavy atom. The molecule has 0 spiro atoms. The molecule has 0 radical (unpaired) electrons. The van der Waals surface area contributed by atoms with Crippen LogP contribution in [0.5, 0.6) is 0 Å². The summed E-state index contributed by atoms with van der Waals surface area (Å²) < 4.78 is 7.75. The Kier molecular flexibility index (Phi) is 4.97. The smallest absolute Gasteiger partial charge is 0.165 e. The number of aromatic nitrogens is 2. The Bertz CT molecular complexity index is 445. The van der Waals surface area contributed by atoms with Gasteiger partial charge in [-0.3, -0.25) is 9.48 Å². The van der Waals surface area contributed by atoms with Crippen LogP contribution in [-0.2, 0) is 23.0 Å². The van der Waals surface area contributed by atoms with Gasteiger partial charge < -0.3 is 4.74 Å². The largest absolute Gasteiger partial charge is 0.368 e. The quantitative estimate of drug-likeness (QED) is 0.803. The lowest BCUT2D eigenvalue weighted by molar-refractivity contribution is -0.150. The van der Waals surface area contributed by atoms with Gasteiger partial charge in [-0.25, -0.2) is 0 Å². The number of nitrogens with zero attached hydrogens (tertiary/aromatic N) is 2. The van der Waals surface area contributed by atoms with Crippen molar-refractivity contribution in [1.82, 2.24) is 9.78 Å². The molecule has 0 N–H and O–H groups in total. The van der Waals surface area contributed by atoms with E-state index in [0.717, 1.165) is 37.8 Å². The number of rotatable bonds is 6. The lowest BCUT2D eigenvalue weighted by atomic mass is 9.76. The van der Waals surface area contributed by atoms with Gasteiger partial charge in [0, 0.05) is 32.0 Å². The molecule has 0 amide bonds. The summed E-state index contributed by atoms with van der Waals surface area (Å²) in [6, 6.07) is 1.98. The van der Waals surface area contributed by atoms with Crippen LogP contribution in [0.25, 0.3) is 0 Å². The maximum absolute atomic E-state index is 12.7. The fraction of sp³-hybridized carbons (Fsp3) is 0.750. The van der Waals surface area contributed by atoms with Crippen LogP contribution in [0, 0.1) is 5.92 Å². The third kappa shape index (κ3) is 3.29. The van der Waals surface area contributed by atoms with Crippen molar-refractivity contribution >= 4 is 5.78 Å². The number of ether oxygens (including phenoxy) is 1. The molecule has 0 unspecified atom stereocenters. The Morgan fingerprint density at radius 1 is 1.50 bits per heavy atom. The highest BCUT2D eigenvalue weighted by molar-refractivity contribution is 5.87. The minimum atomic E-state index is -0.514. The molecular formula is C16H26N2O2. The third-order valence-electron chi connectivity index (χ3n) is 4.54. The zero-order chi connectivity index (χ0) is 14.6. The maximum Gasteiger partial charge on any atom is 0.165 e. The van der Waals surface area contributed by atoms with Gasteiger partial charge in [0.05, 0.1) is 0 Å². The third-order valence-corrected chi connectivity index (χ3v) is 4.54. The predicted octanol–water partition coefficient (Wildman–Crippen LogP) is 2.91. The van der Waals surface area contributed by atoms with E-state index >= 15 is 0 Å². The molecule has 4 nitrogen and oxygen atoms in total. The first kappa shape index (κ1) is 15.2. The van der Waals surface area contributed by atoms with Crippen LogP contribution in [0.15, 0.2) is 12.3 Å². The van der Waals surface area contributed by atoms with Gasteiger partial charge in [0.2, 0.25) is 0 Å². The van der Waals surface area contributed by atoms with Crippen molar-refractivity contribution in [3.8, 4) is 0 Å². The molecule has 20 heavy (non-hydrogen) atoms. The molecular weight excluding hydrogens is 252 g/mol. The number of carbonyl (C=O) groups excluding carboxylic acids is 1. The second-order valence-corrected chi connectivity index (χ2v) is 5.98. The first-order valence-corrected chi connectivity index (χ1v) is 7.71. The Morgan fingerprint density at radius 3 is 2.75 bits per heavy atom. The van der Waals surface area contributed by atoms with Gasteiger partial charge in [-0.05, 0) is 51.0 Å². The second kappa shape index (κ2) is 6.53. The highest BCUT2D eigenvalue weighted by Gasteiger charge is 2.40. The van der Waals surface area contributed by atoms with Crippen molar-refractivity contribution in [1.29, 1.82) is 0 Å². The predicted molar refractivity (Wildman–Crippen MR) is 78.5 cm³/mol. The second-order valence-electron chi connectivity index (χ2n) is 5.98. The molecule has 2 rings (SSSR count). The van der Waals surface area contributed by atoms with Crippen molar-refractivity contribution in [3.05, 3.63) is 18.0 Å². The summed E-state index contributed by atoms with van der Waals surface area (Å²) in [5.41, 5.74) is 0.592. The normalized spacial score (nSPS) is 26.6. The minimum absolute atomic E-state index is 0.271. The van der Waals surface area contributed by atoms with Crippen LogP contribution in [-0.4, -0.2) is 27.8 Å². The first-order chi connectivity index (χ1) is 9.57. The highest BCUT2D eigenvalue weighted by Crippen LogP contribution is 2.36. The van der Waals surface area contributed by atoms with Crippen LogP contribution in [0.3, 0.4) is 0 Å². The fourth-order valence-corrected chi connectivity index (χ4v) is 3.12. The summed E-state index contributed by atoms with van der Waals surface area (Å²) in [7, 11) is 1.92. The van der Waals surface area contributed by atoms with Gasteiger partial charge in [-0.1, -0.05) is 6.92 Å². The summed E-state index contributed by atoms with van der Waals surface area (Å²) in [6.45, 7) is 4.86. The van der Waals surface area contributed by atoms with E-state index in [1.54, 1.807) is 6.20 Å². The van der Waals surface area contributed by atoms with E-state index in [2.05, 4.69) is 12.0 Å². The zero-order valence-corrected chi connectivity index (χ0v) is 12.9. The van der Waals surface area contributed by atoms with Gasteiger partial charge in [-0.2, -0.15) is 5.10 Å². The van der Waals surface area contributed by atoms with E-state index in [0.29, 0.717) is 18.9 Å². The van der Waals surface area contributed by atoms with Crippen molar-refractivity contribution < 1.29 is 9.53 Å². The summed E-state index contributed by atoms with van der Waals surface area (Å²) in [6.07, 6.45) is 7.03. The lowest BCUT2D eigenvalue weighted by Gasteiger charge is -2.38. The molecule has 1 aliphatic rings.